The quantitative estimate of drug-likeness (QED) is 0.739. The summed E-state index contributed by atoms with van der Waals surface area (Å²) >= 11 is 0. The van der Waals surface area contributed by atoms with Crippen LogP contribution in [-0.4, -0.2) is 36.6 Å². The molecule has 23 heavy (non-hydrogen) atoms. The average Bonchev–Trinajstić information content (AvgIpc) is 3.06. The standard InChI is InChI=1S/C16H23N7/c1-10(2)14-7-15(16-18-17-9-23(16)20-14)21(5)8-13-11(3)19-22(6)12(13)4/h7,9-10H,8H2,1-6H3. The first-order valence-electron chi connectivity index (χ1n) is 7.79. The van der Waals surface area contributed by atoms with E-state index in [2.05, 4.69) is 66.1 Å². The molecule has 3 aromatic heterocycles. The van der Waals surface area contributed by atoms with E-state index in [4.69, 9.17) is 0 Å². The lowest BCUT2D eigenvalue weighted by Crippen LogP contribution is -2.19. The third kappa shape index (κ3) is 2.67. The first-order chi connectivity index (χ1) is 10.9. The molecular weight excluding hydrogens is 290 g/mol. The molecule has 0 spiro atoms. The highest BCUT2D eigenvalue weighted by Crippen LogP contribution is 2.25. The summed E-state index contributed by atoms with van der Waals surface area (Å²) in [5.41, 5.74) is 6.33. The Morgan fingerprint density at radius 3 is 2.57 bits per heavy atom. The summed E-state index contributed by atoms with van der Waals surface area (Å²) in [7, 11) is 4.05. The van der Waals surface area contributed by atoms with Crippen molar-refractivity contribution in [2.24, 2.45) is 7.05 Å². The van der Waals surface area contributed by atoms with Crippen LogP contribution in [0.4, 0.5) is 5.69 Å². The van der Waals surface area contributed by atoms with Crippen LogP contribution in [0.3, 0.4) is 0 Å². The highest BCUT2D eigenvalue weighted by Gasteiger charge is 2.17. The van der Waals surface area contributed by atoms with Gasteiger partial charge < -0.3 is 4.90 Å². The molecule has 0 fully saturated rings. The van der Waals surface area contributed by atoms with Crippen LogP contribution >= 0.6 is 0 Å². The van der Waals surface area contributed by atoms with Crippen LogP contribution in [0.1, 0.15) is 42.4 Å². The van der Waals surface area contributed by atoms with Gasteiger partial charge in [0.2, 0.25) is 5.65 Å². The molecule has 0 saturated carbocycles. The maximum Gasteiger partial charge on any atom is 0.200 e. The van der Waals surface area contributed by atoms with Gasteiger partial charge in [0.15, 0.2) is 0 Å². The molecule has 0 radical (unpaired) electrons. The Morgan fingerprint density at radius 2 is 1.96 bits per heavy atom. The summed E-state index contributed by atoms with van der Waals surface area (Å²) in [4.78, 5) is 2.19. The molecule has 3 aromatic rings. The molecule has 0 aromatic carbocycles. The van der Waals surface area contributed by atoms with E-state index in [1.54, 1.807) is 10.8 Å². The molecule has 0 unspecified atom stereocenters. The van der Waals surface area contributed by atoms with Gasteiger partial charge in [-0.05, 0) is 25.8 Å². The number of rotatable bonds is 4. The van der Waals surface area contributed by atoms with Crippen LogP contribution in [0.15, 0.2) is 12.4 Å². The Labute approximate surface area is 135 Å². The number of fused-ring (bicyclic) bond motifs is 1. The van der Waals surface area contributed by atoms with Crippen LogP contribution in [0, 0.1) is 13.8 Å². The normalized spacial score (nSPS) is 11.6. The second-order valence-corrected chi connectivity index (χ2v) is 6.34. The van der Waals surface area contributed by atoms with Crippen LogP contribution in [0.5, 0.6) is 0 Å². The first-order valence-corrected chi connectivity index (χ1v) is 7.79. The van der Waals surface area contributed by atoms with Crippen LogP contribution in [0.2, 0.25) is 0 Å². The van der Waals surface area contributed by atoms with E-state index < -0.39 is 0 Å². The fourth-order valence-electron chi connectivity index (χ4n) is 2.76. The van der Waals surface area contributed by atoms with Crippen LogP contribution in [-0.2, 0) is 13.6 Å². The fourth-order valence-corrected chi connectivity index (χ4v) is 2.76. The van der Waals surface area contributed by atoms with Crippen molar-refractivity contribution in [3.05, 3.63) is 35.0 Å². The minimum Gasteiger partial charge on any atom is -0.367 e. The van der Waals surface area contributed by atoms with Gasteiger partial charge in [-0.2, -0.15) is 14.7 Å². The van der Waals surface area contributed by atoms with Gasteiger partial charge >= 0.3 is 0 Å². The summed E-state index contributed by atoms with van der Waals surface area (Å²) in [5.74, 6) is 0.343. The Kier molecular flexibility index (Phi) is 3.79. The minimum absolute atomic E-state index is 0.343. The van der Waals surface area contributed by atoms with Gasteiger partial charge in [-0.3, -0.25) is 4.68 Å². The Hall–Kier alpha value is -2.44. The van der Waals surface area contributed by atoms with E-state index >= 15 is 0 Å². The van der Waals surface area contributed by atoms with Crippen molar-refractivity contribution in [1.82, 2.24) is 29.6 Å². The molecule has 7 heteroatoms. The third-order valence-corrected chi connectivity index (χ3v) is 4.32. The Morgan fingerprint density at radius 1 is 1.22 bits per heavy atom. The van der Waals surface area contributed by atoms with E-state index in [-0.39, 0.29) is 0 Å². The zero-order valence-electron chi connectivity index (χ0n) is 14.6. The summed E-state index contributed by atoms with van der Waals surface area (Å²) in [6.45, 7) is 9.20. The number of hydrogen-bond donors (Lipinski definition) is 0. The van der Waals surface area contributed by atoms with E-state index in [0.29, 0.717) is 5.92 Å². The largest absolute Gasteiger partial charge is 0.367 e. The molecule has 0 N–H and O–H groups in total. The Balaban J connectivity index is 2.03. The average molecular weight is 313 g/mol. The topological polar surface area (TPSA) is 64.1 Å². The molecule has 0 bridgehead atoms. The molecule has 3 heterocycles. The lowest BCUT2D eigenvalue weighted by Gasteiger charge is -2.21. The predicted octanol–water partition coefficient (Wildman–Crippen LogP) is 2.23. The SMILES string of the molecule is Cc1nn(C)c(C)c1CN(C)c1cc(C(C)C)nn2cnnc12. The van der Waals surface area contributed by atoms with E-state index in [9.17, 15) is 0 Å². The molecule has 7 nitrogen and oxygen atoms in total. The highest BCUT2D eigenvalue weighted by atomic mass is 15.4. The summed E-state index contributed by atoms with van der Waals surface area (Å²) < 4.78 is 3.68. The monoisotopic (exact) mass is 313 g/mol. The van der Waals surface area contributed by atoms with Gasteiger partial charge in [-0.15, -0.1) is 10.2 Å². The third-order valence-electron chi connectivity index (χ3n) is 4.32. The van der Waals surface area contributed by atoms with Gasteiger partial charge in [-0.25, -0.2) is 0 Å². The summed E-state index contributed by atoms with van der Waals surface area (Å²) in [6.07, 6.45) is 1.65. The predicted molar refractivity (Wildman–Crippen MR) is 89.7 cm³/mol. The number of aromatic nitrogens is 6. The summed E-state index contributed by atoms with van der Waals surface area (Å²) in [6, 6.07) is 2.11. The zero-order valence-corrected chi connectivity index (χ0v) is 14.6. The highest BCUT2D eigenvalue weighted by molar-refractivity contribution is 5.68. The first kappa shape index (κ1) is 15.5. The van der Waals surface area contributed by atoms with Gasteiger partial charge in [-0.1, -0.05) is 13.8 Å². The fraction of sp³-hybridized carbons (Fsp3) is 0.500. The van der Waals surface area contributed by atoms with Gasteiger partial charge in [0.05, 0.1) is 17.1 Å². The minimum atomic E-state index is 0.343. The molecule has 3 rings (SSSR count). The smallest absolute Gasteiger partial charge is 0.200 e. The molecule has 0 aliphatic carbocycles. The van der Waals surface area contributed by atoms with Crippen molar-refractivity contribution >= 4 is 11.3 Å². The van der Waals surface area contributed by atoms with Crippen molar-refractivity contribution in [3.63, 3.8) is 0 Å². The van der Waals surface area contributed by atoms with Crippen LogP contribution in [0.25, 0.3) is 5.65 Å². The molecular formula is C16H23N7. The van der Waals surface area contributed by atoms with Gasteiger partial charge in [0, 0.05) is 31.9 Å². The lowest BCUT2D eigenvalue weighted by molar-refractivity contribution is 0.729. The maximum absolute atomic E-state index is 4.57. The number of anilines is 1. The number of nitrogens with zero attached hydrogens (tertiary/aromatic N) is 7. The second kappa shape index (κ2) is 5.64. The Bertz CT molecular complexity index is 844. The van der Waals surface area contributed by atoms with E-state index in [1.165, 1.54) is 11.3 Å². The van der Waals surface area contributed by atoms with Crippen molar-refractivity contribution in [1.29, 1.82) is 0 Å². The molecule has 0 aliphatic rings. The van der Waals surface area contributed by atoms with Gasteiger partial charge in [0.1, 0.15) is 6.33 Å². The van der Waals surface area contributed by atoms with Crippen molar-refractivity contribution in [2.45, 2.75) is 40.2 Å². The molecule has 0 saturated heterocycles. The van der Waals surface area contributed by atoms with E-state index in [0.717, 1.165) is 29.3 Å². The molecule has 0 amide bonds. The number of hydrogen-bond acceptors (Lipinski definition) is 5. The van der Waals surface area contributed by atoms with Crippen molar-refractivity contribution in [2.75, 3.05) is 11.9 Å². The van der Waals surface area contributed by atoms with E-state index in [1.807, 2.05) is 11.7 Å². The lowest BCUT2D eigenvalue weighted by atomic mass is 10.1. The van der Waals surface area contributed by atoms with Crippen LogP contribution < -0.4 is 4.90 Å². The van der Waals surface area contributed by atoms with Crippen molar-refractivity contribution in [3.8, 4) is 0 Å². The zero-order chi connectivity index (χ0) is 16.7. The molecule has 122 valence electrons. The van der Waals surface area contributed by atoms with Crippen molar-refractivity contribution < 1.29 is 0 Å². The summed E-state index contributed by atoms with van der Waals surface area (Å²) in [5, 5.41) is 17.3. The maximum atomic E-state index is 4.57. The molecule has 0 aliphatic heterocycles. The van der Waals surface area contributed by atoms with Gasteiger partial charge in [0.25, 0.3) is 0 Å². The second-order valence-electron chi connectivity index (χ2n) is 6.34. The number of aryl methyl sites for hydroxylation is 2. The molecule has 0 atom stereocenters.